The van der Waals surface area contributed by atoms with Gasteiger partial charge in [-0.1, -0.05) is 44.2 Å². The van der Waals surface area contributed by atoms with Gasteiger partial charge in [0.1, 0.15) is 29.5 Å². The van der Waals surface area contributed by atoms with Crippen molar-refractivity contribution >= 4 is 24.2 Å². The fraction of sp³-hybridized carbons (Fsp3) is 0.357. The molecule has 1 aromatic heterocycles. The predicted octanol–water partition coefficient (Wildman–Crippen LogP) is 5.23. The minimum Gasteiger partial charge on any atom is -0.496 e. The van der Waals surface area contributed by atoms with Crippen LogP contribution in [0, 0.1) is 0 Å². The van der Waals surface area contributed by atoms with Crippen molar-refractivity contribution < 1.29 is 19.4 Å². The van der Waals surface area contributed by atoms with Gasteiger partial charge in [-0.3, -0.25) is 4.90 Å². The average Bonchev–Trinajstić information content (AvgIpc) is 2.87. The smallest absolute Gasteiger partial charge is 0.339 e. The first-order chi connectivity index (χ1) is 17.0. The summed E-state index contributed by atoms with van der Waals surface area (Å²) in [6.07, 6.45) is 1.72. The number of aromatic nitrogens is 1. The van der Waals surface area contributed by atoms with Crippen molar-refractivity contribution in [1.82, 2.24) is 9.88 Å². The summed E-state index contributed by atoms with van der Waals surface area (Å²) in [5.41, 5.74) is 3.35. The van der Waals surface area contributed by atoms with Gasteiger partial charge in [0.2, 0.25) is 0 Å². The van der Waals surface area contributed by atoms with E-state index < -0.39 is 5.97 Å². The van der Waals surface area contributed by atoms with Crippen molar-refractivity contribution in [2.24, 2.45) is 0 Å². The summed E-state index contributed by atoms with van der Waals surface area (Å²) in [7, 11) is 1.67. The Hall–Kier alpha value is -3.29. The standard InChI is InChI=1S/C28H33N3O4.ClH/c1-20(2)24-11-12-29-27(26(24)28(32)33)31-15-13-30(14-16-31)18-21-7-6-9-23(17-21)35-19-22-8-4-5-10-25(22)34-3;/h4-12,17,20H,13-16,18-19H2,1-3H3,(H,32,33);1H. The molecule has 1 saturated heterocycles. The lowest BCUT2D eigenvalue weighted by atomic mass is 9.98. The summed E-state index contributed by atoms with van der Waals surface area (Å²) in [5, 5.41) is 9.85. The molecule has 0 atom stereocenters. The Balaban J connectivity index is 0.00000361. The Bertz CT molecular complexity index is 1160. The maximum absolute atomic E-state index is 12.0. The number of hydrogen-bond donors (Lipinski definition) is 1. The second-order valence-electron chi connectivity index (χ2n) is 9.07. The number of hydrogen-bond acceptors (Lipinski definition) is 6. The average molecular weight is 512 g/mol. The van der Waals surface area contributed by atoms with Gasteiger partial charge in [-0.2, -0.15) is 0 Å². The molecule has 0 saturated carbocycles. The molecule has 4 rings (SSSR count). The van der Waals surface area contributed by atoms with Gasteiger partial charge in [-0.05, 0) is 41.3 Å². The summed E-state index contributed by atoms with van der Waals surface area (Å²) < 4.78 is 11.4. The van der Waals surface area contributed by atoms with Gasteiger partial charge in [0.15, 0.2) is 0 Å². The number of carboxylic acids is 1. The molecule has 192 valence electrons. The molecule has 8 heteroatoms. The topological polar surface area (TPSA) is 75.1 Å². The van der Waals surface area contributed by atoms with Gasteiger partial charge in [-0.15, -0.1) is 12.4 Å². The number of halogens is 1. The minimum atomic E-state index is -0.913. The molecule has 2 heterocycles. The summed E-state index contributed by atoms with van der Waals surface area (Å²) in [5.74, 6) is 1.44. The molecule has 1 N–H and O–H groups in total. The molecule has 1 aliphatic heterocycles. The molecule has 0 bridgehead atoms. The number of ether oxygens (including phenoxy) is 2. The molecule has 2 aromatic carbocycles. The lowest BCUT2D eigenvalue weighted by Gasteiger charge is -2.36. The molecular weight excluding hydrogens is 478 g/mol. The van der Waals surface area contributed by atoms with Crippen LogP contribution in [0.1, 0.15) is 46.8 Å². The van der Waals surface area contributed by atoms with Crippen LogP contribution >= 0.6 is 12.4 Å². The highest BCUT2D eigenvalue weighted by Crippen LogP contribution is 2.28. The van der Waals surface area contributed by atoms with E-state index in [1.807, 2.05) is 56.3 Å². The number of aromatic carboxylic acids is 1. The van der Waals surface area contributed by atoms with Crippen LogP contribution in [0.3, 0.4) is 0 Å². The van der Waals surface area contributed by atoms with E-state index in [2.05, 4.69) is 26.9 Å². The van der Waals surface area contributed by atoms with Crippen molar-refractivity contribution in [2.45, 2.75) is 32.9 Å². The monoisotopic (exact) mass is 511 g/mol. The molecule has 7 nitrogen and oxygen atoms in total. The Morgan fingerprint density at radius 3 is 2.50 bits per heavy atom. The highest BCUT2D eigenvalue weighted by molar-refractivity contribution is 5.95. The highest BCUT2D eigenvalue weighted by atomic mass is 35.5. The van der Waals surface area contributed by atoms with Gasteiger partial charge in [0.25, 0.3) is 0 Å². The second kappa shape index (κ2) is 12.6. The van der Waals surface area contributed by atoms with Crippen LogP contribution in [0.15, 0.2) is 60.8 Å². The van der Waals surface area contributed by atoms with E-state index >= 15 is 0 Å². The zero-order valence-corrected chi connectivity index (χ0v) is 21.8. The number of rotatable bonds is 9. The molecular formula is C28H34ClN3O4. The largest absolute Gasteiger partial charge is 0.496 e. The molecule has 36 heavy (non-hydrogen) atoms. The van der Waals surface area contributed by atoms with E-state index in [1.54, 1.807) is 13.3 Å². The molecule has 0 aliphatic carbocycles. The van der Waals surface area contributed by atoms with Crippen molar-refractivity contribution in [3.63, 3.8) is 0 Å². The van der Waals surface area contributed by atoms with Crippen molar-refractivity contribution in [3.8, 4) is 11.5 Å². The maximum atomic E-state index is 12.0. The van der Waals surface area contributed by atoms with Crippen LogP contribution in [-0.4, -0.2) is 54.2 Å². The van der Waals surface area contributed by atoms with Gasteiger partial charge < -0.3 is 19.5 Å². The van der Waals surface area contributed by atoms with E-state index in [1.165, 1.54) is 5.56 Å². The molecule has 0 unspecified atom stereocenters. The van der Waals surface area contributed by atoms with Gasteiger partial charge in [0.05, 0.1) is 7.11 Å². The normalized spacial score (nSPS) is 13.8. The van der Waals surface area contributed by atoms with Gasteiger partial charge in [-0.25, -0.2) is 9.78 Å². The van der Waals surface area contributed by atoms with Gasteiger partial charge >= 0.3 is 5.97 Å². The lowest BCUT2D eigenvalue weighted by molar-refractivity contribution is 0.0695. The van der Waals surface area contributed by atoms with Crippen molar-refractivity contribution in [3.05, 3.63) is 83.0 Å². The third kappa shape index (κ3) is 6.47. The summed E-state index contributed by atoms with van der Waals surface area (Å²) in [6.45, 7) is 8.41. The number of pyridine rings is 1. The van der Waals surface area contributed by atoms with Crippen LogP contribution in [0.2, 0.25) is 0 Å². The van der Waals surface area contributed by atoms with Crippen LogP contribution in [-0.2, 0) is 13.2 Å². The van der Waals surface area contributed by atoms with Crippen LogP contribution in [0.25, 0.3) is 0 Å². The first-order valence-corrected chi connectivity index (χ1v) is 12.0. The van der Waals surface area contributed by atoms with E-state index in [4.69, 9.17) is 9.47 Å². The third-order valence-electron chi connectivity index (χ3n) is 6.36. The first kappa shape index (κ1) is 27.3. The van der Waals surface area contributed by atoms with E-state index in [-0.39, 0.29) is 18.3 Å². The SMILES string of the molecule is COc1ccccc1COc1cccc(CN2CCN(c3nccc(C(C)C)c3C(=O)O)CC2)c1.Cl. The van der Waals surface area contributed by atoms with Crippen LogP contribution in [0.5, 0.6) is 11.5 Å². The predicted molar refractivity (Wildman–Crippen MR) is 144 cm³/mol. The van der Waals surface area contributed by atoms with Crippen molar-refractivity contribution in [2.75, 3.05) is 38.2 Å². The number of para-hydroxylation sites is 1. The van der Waals surface area contributed by atoms with Crippen LogP contribution in [0.4, 0.5) is 5.82 Å². The molecule has 1 fully saturated rings. The molecule has 0 spiro atoms. The number of methoxy groups -OCH3 is 1. The Morgan fingerprint density at radius 2 is 1.81 bits per heavy atom. The number of nitrogens with zero attached hydrogens (tertiary/aromatic N) is 3. The quantitative estimate of drug-likeness (QED) is 0.421. The summed E-state index contributed by atoms with van der Waals surface area (Å²) in [6, 6.07) is 17.9. The summed E-state index contributed by atoms with van der Waals surface area (Å²) in [4.78, 5) is 20.9. The maximum Gasteiger partial charge on any atom is 0.339 e. The molecule has 0 radical (unpaired) electrons. The molecule has 0 amide bonds. The number of piperazine rings is 1. The Morgan fingerprint density at radius 1 is 1.06 bits per heavy atom. The van der Waals surface area contributed by atoms with E-state index in [0.29, 0.717) is 18.0 Å². The lowest BCUT2D eigenvalue weighted by Crippen LogP contribution is -2.46. The Kier molecular flexibility index (Phi) is 9.56. The molecule has 1 aliphatic rings. The fourth-order valence-corrected chi connectivity index (χ4v) is 4.50. The fourth-order valence-electron chi connectivity index (χ4n) is 4.50. The number of carboxylic acid groups (broad SMARTS) is 1. The zero-order chi connectivity index (χ0) is 24.8. The highest BCUT2D eigenvalue weighted by Gasteiger charge is 2.25. The number of benzene rings is 2. The zero-order valence-electron chi connectivity index (χ0n) is 21.0. The van der Waals surface area contributed by atoms with Crippen LogP contribution < -0.4 is 14.4 Å². The first-order valence-electron chi connectivity index (χ1n) is 12.0. The molecule has 3 aromatic rings. The van der Waals surface area contributed by atoms with E-state index in [0.717, 1.165) is 55.3 Å². The Labute approximate surface area is 219 Å². The number of carbonyl (C=O) groups is 1. The number of anilines is 1. The van der Waals surface area contributed by atoms with Gasteiger partial charge in [0, 0.05) is 44.5 Å². The van der Waals surface area contributed by atoms with E-state index in [9.17, 15) is 9.90 Å². The van der Waals surface area contributed by atoms with Crippen molar-refractivity contribution in [1.29, 1.82) is 0 Å². The second-order valence-corrected chi connectivity index (χ2v) is 9.07. The summed E-state index contributed by atoms with van der Waals surface area (Å²) >= 11 is 0. The third-order valence-corrected chi connectivity index (χ3v) is 6.36. The minimum absolute atomic E-state index is 0.